The minimum atomic E-state index is -3.41. The van der Waals surface area contributed by atoms with Gasteiger partial charge in [0.2, 0.25) is 10.0 Å². The molecule has 0 unspecified atom stereocenters. The Morgan fingerprint density at radius 3 is 2.87 bits per heavy atom. The molecule has 1 saturated carbocycles. The highest BCUT2D eigenvalue weighted by Crippen LogP contribution is 2.28. The molecule has 2 rings (SSSR count). The SMILES string of the molecule is Nc1cc(S(=O)(=O)NCC2CC2)ccn1. The Kier molecular flexibility index (Phi) is 2.62. The lowest BCUT2D eigenvalue weighted by atomic mass is 10.4. The average molecular weight is 227 g/mol. The van der Waals surface area contributed by atoms with Crippen LogP contribution in [0.5, 0.6) is 0 Å². The number of nitrogens with two attached hydrogens (primary N) is 1. The number of anilines is 1. The van der Waals surface area contributed by atoms with Gasteiger partial charge in [-0.1, -0.05) is 0 Å². The number of rotatable bonds is 4. The van der Waals surface area contributed by atoms with Crippen molar-refractivity contribution in [2.45, 2.75) is 17.7 Å². The standard InChI is InChI=1S/C9H13N3O2S/c10-9-5-8(3-4-11-9)15(13,14)12-6-7-1-2-7/h3-5,7,12H,1-2,6H2,(H2,10,11). The fraction of sp³-hybridized carbons (Fsp3) is 0.444. The molecule has 0 bridgehead atoms. The number of pyridine rings is 1. The second-order valence-electron chi connectivity index (χ2n) is 3.71. The van der Waals surface area contributed by atoms with E-state index in [1.807, 2.05) is 0 Å². The number of aromatic nitrogens is 1. The van der Waals surface area contributed by atoms with Crippen LogP contribution in [0.25, 0.3) is 0 Å². The molecule has 6 heteroatoms. The summed E-state index contributed by atoms with van der Waals surface area (Å²) in [5.41, 5.74) is 5.42. The van der Waals surface area contributed by atoms with Crippen LogP contribution >= 0.6 is 0 Å². The van der Waals surface area contributed by atoms with Crippen molar-refractivity contribution < 1.29 is 8.42 Å². The molecular weight excluding hydrogens is 214 g/mol. The van der Waals surface area contributed by atoms with Gasteiger partial charge in [0.1, 0.15) is 5.82 Å². The minimum Gasteiger partial charge on any atom is -0.384 e. The number of nitrogens with zero attached hydrogens (tertiary/aromatic N) is 1. The van der Waals surface area contributed by atoms with Crippen molar-refractivity contribution in [3.63, 3.8) is 0 Å². The van der Waals surface area contributed by atoms with Crippen molar-refractivity contribution in [2.24, 2.45) is 5.92 Å². The zero-order valence-electron chi connectivity index (χ0n) is 8.18. The predicted octanol–water partition coefficient (Wildman–Crippen LogP) is 0.352. The van der Waals surface area contributed by atoms with Crippen LogP contribution in [0.4, 0.5) is 5.82 Å². The molecule has 3 N–H and O–H groups in total. The number of hydrogen-bond donors (Lipinski definition) is 2. The van der Waals surface area contributed by atoms with E-state index in [-0.39, 0.29) is 10.7 Å². The third kappa shape index (κ3) is 2.66. The van der Waals surface area contributed by atoms with Gasteiger partial charge in [-0.15, -0.1) is 0 Å². The van der Waals surface area contributed by atoms with Gasteiger partial charge < -0.3 is 5.73 Å². The second-order valence-corrected chi connectivity index (χ2v) is 5.48. The highest BCUT2D eigenvalue weighted by Gasteiger charge is 2.24. The summed E-state index contributed by atoms with van der Waals surface area (Å²) in [4.78, 5) is 3.92. The van der Waals surface area contributed by atoms with Crippen molar-refractivity contribution in [2.75, 3.05) is 12.3 Å². The first kappa shape index (κ1) is 10.4. The van der Waals surface area contributed by atoms with Gasteiger partial charge in [-0.05, 0) is 24.8 Å². The number of sulfonamides is 1. The van der Waals surface area contributed by atoms with Crippen LogP contribution in [-0.2, 0) is 10.0 Å². The van der Waals surface area contributed by atoms with Crippen LogP contribution in [0.3, 0.4) is 0 Å². The lowest BCUT2D eigenvalue weighted by Gasteiger charge is -2.05. The molecule has 0 amide bonds. The van der Waals surface area contributed by atoms with Gasteiger partial charge in [-0.3, -0.25) is 0 Å². The summed E-state index contributed by atoms with van der Waals surface area (Å²) < 4.78 is 26.0. The molecule has 0 atom stereocenters. The molecule has 1 aliphatic carbocycles. The van der Waals surface area contributed by atoms with Crippen molar-refractivity contribution in [1.29, 1.82) is 0 Å². The second kappa shape index (κ2) is 3.79. The maximum absolute atomic E-state index is 11.7. The smallest absolute Gasteiger partial charge is 0.240 e. The summed E-state index contributed by atoms with van der Waals surface area (Å²) in [6.07, 6.45) is 3.61. The summed E-state index contributed by atoms with van der Waals surface area (Å²) in [6, 6.07) is 2.79. The molecule has 1 heterocycles. The van der Waals surface area contributed by atoms with Gasteiger partial charge in [0.05, 0.1) is 4.90 Å². The third-order valence-corrected chi connectivity index (χ3v) is 3.74. The van der Waals surface area contributed by atoms with Crippen molar-refractivity contribution in [3.05, 3.63) is 18.3 Å². The van der Waals surface area contributed by atoms with Gasteiger partial charge in [0.15, 0.2) is 0 Å². The fourth-order valence-corrected chi connectivity index (χ4v) is 2.37. The maximum Gasteiger partial charge on any atom is 0.240 e. The molecule has 1 aromatic heterocycles. The van der Waals surface area contributed by atoms with Crippen molar-refractivity contribution in [1.82, 2.24) is 9.71 Å². The summed E-state index contributed by atoms with van der Waals surface area (Å²) in [5.74, 6) is 0.725. The van der Waals surface area contributed by atoms with E-state index in [0.29, 0.717) is 12.5 Å². The van der Waals surface area contributed by atoms with E-state index in [1.54, 1.807) is 0 Å². The zero-order chi connectivity index (χ0) is 10.9. The van der Waals surface area contributed by atoms with Crippen LogP contribution in [0.2, 0.25) is 0 Å². The van der Waals surface area contributed by atoms with E-state index < -0.39 is 10.0 Å². The van der Waals surface area contributed by atoms with E-state index in [9.17, 15) is 8.42 Å². The van der Waals surface area contributed by atoms with Crippen LogP contribution in [-0.4, -0.2) is 19.9 Å². The van der Waals surface area contributed by atoms with Gasteiger partial charge in [0.25, 0.3) is 0 Å². The monoisotopic (exact) mass is 227 g/mol. The van der Waals surface area contributed by atoms with Crippen LogP contribution in [0, 0.1) is 5.92 Å². The molecule has 15 heavy (non-hydrogen) atoms. The first-order chi connectivity index (χ1) is 7.08. The maximum atomic E-state index is 11.7. The lowest BCUT2D eigenvalue weighted by molar-refractivity contribution is 0.577. The van der Waals surface area contributed by atoms with Gasteiger partial charge in [0, 0.05) is 18.8 Å². The van der Waals surface area contributed by atoms with E-state index >= 15 is 0 Å². The highest BCUT2D eigenvalue weighted by atomic mass is 32.2. The molecule has 0 radical (unpaired) electrons. The lowest BCUT2D eigenvalue weighted by Crippen LogP contribution is -2.25. The Morgan fingerprint density at radius 1 is 1.53 bits per heavy atom. The quantitative estimate of drug-likeness (QED) is 0.777. The molecule has 1 fully saturated rings. The average Bonchev–Trinajstić information content (AvgIpc) is 2.98. The first-order valence-electron chi connectivity index (χ1n) is 4.79. The van der Waals surface area contributed by atoms with Crippen molar-refractivity contribution >= 4 is 15.8 Å². The largest absolute Gasteiger partial charge is 0.384 e. The molecule has 1 aromatic rings. The molecule has 1 aliphatic rings. The molecular formula is C9H13N3O2S. The molecule has 0 aliphatic heterocycles. The summed E-state index contributed by atoms with van der Waals surface area (Å²) in [5, 5.41) is 0. The van der Waals surface area contributed by atoms with Gasteiger partial charge >= 0.3 is 0 Å². The Labute approximate surface area is 88.8 Å². The highest BCUT2D eigenvalue weighted by molar-refractivity contribution is 7.89. The minimum absolute atomic E-state index is 0.177. The number of nitrogen functional groups attached to an aromatic ring is 1. The van der Waals surface area contributed by atoms with E-state index in [4.69, 9.17) is 5.73 Å². The first-order valence-corrected chi connectivity index (χ1v) is 6.27. The van der Waals surface area contributed by atoms with Gasteiger partial charge in [-0.2, -0.15) is 0 Å². The Bertz CT molecular complexity index is 454. The molecule has 0 saturated heterocycles. The Hall–Kier alpha value is -1.14. The van der Waals surface area contributed by atoms with E-state index in [0.717, 1.165) is 12.8 Å². The predicted molar refractivity (Wildman–Crippen MR) is 56.6 cm³/mol. The fourth-order valence-electron chi connectivity index (χ4n) is 1.23. The molecule has 5 nitrogen and oxygen atoms in total. The van der Waals surface area contributed by atoms with Crippen LogP contribution in [0.1, 0.15) is 12.8 Å². The molecule has 82 valence electrons. The molecule has 0 aromatic carbocycles. The topological polar surface area (TPSA) is 85.1 Å². The van der Waals surface area contributed by atoms with E-state index in [1.165, 1.54) is 18.3 Å². The summed E-state index contributed by atoms with van der Waals surface area (Å²) >= 11 is 0. The van der Waals surface area contributed by atoms with Crippen molar-refractivity contribution in [3.8, 4) is 0 Å². The Morgan fingerprint density at radius 2 is 2.27 bits per heavy atom. The van der Waals surface area contributed by atoms with Gasteiger partial charge in [-0.25, -0.2) is 18.1 Å². The zero-order valence-corrected chi connectivity index (χ0v) is 9.00. The van der Waals surface area contributed by atoms with Crippen LogP contribution < -0.4 is 10.5 Å². The summed E-state index contributed by atoms with van der Waals surface area (Å²) in [7, 11) is -3.41. The normalized spacial score (nSPS) is 16.5. The molecule has 0 spiro atoms. The van der Waals surface area contributed by atoms with Crippen LogP contribution in [0.15, 0.2) is 23.2 Å². The number of hydrogen-bond acceptors (Lipinski definition) is 4. The van der Waals surface area contributed by atoms with E-state index in [2.05, 4.69) is 9.71 Å². The number of nitrogens with one attached hydrogen (secondary N) is 1. The third-order valence-electron chi connectivity index (χ3n) is 2.32. The summed E-state index contributed by atoms with van der Waals surface area (Å²) in [6.45, 7) is 0.518. The Balaban J connectivity index is 2.12.